The van der Waals surface area contributed by atoms with Crippen LogP contribution in [0.2, 0.25) is 0 Å². The lowest BCUT2D eigenvalue weighted by Crippen LogP contribution is -2.32. The summed E-state index contributed by atoms with van der Waals surface area (Å²) in [4.78, 5) is 37.4. The van der Waals surface area contributed by atoms with Crippen LogP contribution in [0.25, 0.3) is 0 Å². The average Bonchev–Trinajstić information content (AvgIpc) is 2.83. The molecule has 1 aliphatic rings. The fourth-order valence-electron chi connectivity index (χ4n) is 2.50. The fourth-order valence-corrected chi connectivity index (χ4v) is 2.50. The molecule has 0 saturated heterocycles. The number of hydrogen-bond donors (Lipinski definition) is 0. The van der Waals surface area contributed by atoms with Crippen molar-refractivity contribution < 1.29 is 23.9 Å². The third kappa shape index (κ3) is 4.89. The molecule has 6 nitrogen and oxygen atoms in total. The molecule has 2 rings (SSSR count). The first kappa shape index (κ1) is 19.1. The number of amides is 2. The Kier molecular flexibility index (Phi) is 6.70. The highest BCUT2D eigenvalue weighted by atomic mass is 16.6. The van der Waals surface area contributed by atoms with E-state index in [9.17, 15) is 14.4 Å². The zero-order chi connectivity index (χ0) is 18.4. The van der Waals surface area contributed by atoms with Crippen LogP contribution in [-0.4, -0.2) is 48.5 Å². The Morgan fingerprint density at radius 2 is 1.64 bits per heavy atom. The lowest BCUT2D eigenvalue weighted by atomic mass is 10.1. The van der Waals surface area contributed by atoms with Gasteiger partial charge < -0.3 is 9.47 Å². The Labute approximate surface area is 148 Å². The van der Waals surface area contributed by atoms with Crippen LogP contribution in [0.5, 0.6) is 0 Å². The maximum Gasteiger partial charge on any atom is 0.334 e. The summed E-state index contributed by atoms with van der Waals surface area (Å²) in [5, 5.41) is 0. The van der Waals surface area contributed by atoms with Gasteiger partial charge in [0, 0.05) is 13.2 Å². The summed E-state index contributed by atoms with van der Waals surface area (Å²) in [6.45, 7) is 6.72. The van der Waals surface area contributed by atoms with Gasteiger partial charge in [0.15, 0.2) is 6.10 Å². The van der Waals surface area contributed by atoms with Gasteiger partial charge in [-0.1, -0.05) is 26.0 Å². The molecule has 0 fully saturated rings. The topological polar surface area (TPSA) is 72.9 Å². The third-order valence-corrected chi connectivity index (χ3v) is 4.04. The minimum Gasteiger partial charge on any atom is -0.464 e. The third-order valence-electron chi connectivity index (χ3n) is 4.04. The second-order valence-corrected chi connectivity index (χ2v) is 6.52. The number of esters is 1. The standard InChI is InChI=1S/C19H25NO5/c1-13(2)9-12-24-14(3)19(23)25-11-6-10-20-17(21)15-7-4-5-8-16(15)18(20)22/h4-5,7-8,13-14H,6,9-12H2,1-3H3. The van der Waals surface area contributed by atoms with Gasteiger partial charge in [-0.25, -0.2) is 4.79 Å². The van der Waals surface area contributed by atoms with Crippen LogP contribution in [0.1, 0.15) is 54.3 Å². The van der Waals surface area contributed by atoms with Gasteiger partial charge >= 0.3 is 5.97 Å². The van der Waals surface area contributed by atoms with Gasteiger partial charge in [0.05, 0.1) is 17.7 Å². The number of fused-ring (bicyclic) bond motifs is 1. The van der Waals surface area contributed by atoms with Crippen molar-refractivity contribution in [3.05, 3.63) is 35.4 Å². The van der Waals surface area contributed by atoms with Gasteiger partial charge in [0.25, 0.3) is 11.8 Å². The number of carbonyl (C=O) groups is 3. The Balaban J connectivity index is 1.71. The molecule has 1 aliphatic heterocycles. The van der Waals surface area contributed by atoms with Crippen molar-refractivity contribution >= 4 is 17.8 Å². The Bertz CT molecular complexity index is 605. The predicted octanol–water partition coefficient (Wildman–Crippen LogP) is 2.67. The molecule has 0 saturated carbocycles. The molecule has 2 amide bonds. The smallest absolute Gasteiger partial charge is 0.334 e. The van der Waals surface area contributed by atoms with E-state index >= 15 is 0 Å². The summed E-state index contributed by atoms with van der Waals surface area (Å²) in [5.74, 6) is -0.497. The summed E-state index contributed by atoms with van der Waals surface area (Å²) in [6.07, 6.45) is 0.672. The van der Waals surface area contributed by atoms with Crippen LogP contribution in [0, 0.1) is 5.92 Å². The highest BCUT2D eigenvalue weighted by Crippen LogP contribution is 2.22. The molecule has 25 heavy (non-hydrogen) atoms. The van der Waals surface area contributed by atoms with E-state index in [2.05, 4.69) is 13.8 Å². The molecular weight excluding hydrogens is 322 g/mol. The van der Waals surface area contributed by atoms with Crippen molar-refractivity contribution in [1.82, 2.24) is 4.90 Å². The van der Waals surface area contributed by atoms with E-state index in [1.54, 1.807) is 31.2 Å². The van der Waals surface area contributed by atoms with E-state index in [1.807, 2.05) is 0 Å². The quantitative estimate of drug-likeness (QED) is 0.390. The number of nitrogens with zero attached hydrogens (tertiary/aromatic N) is 1. The molecule has 0 N–H and O–H groups in total. The predicted molar refractivity (Wildman–Crippen MR) is 92.3 cm³/mol. The van der Waals surface area contributed by atoms with E-state index in [-0.39, 0.29) is 25.0 Å². The number of ether oxygens (including phenoxy) is 2. The van der Waals surface area contributed by atoms with Crippen LogP contribution >= 0.6 is 0 Å². The Hall–Kier alpha value is -2.21. The van der Waals surface area contributed by atoms with E-state index < -0.39 is 12.1 Å². The molecule has 0 spiro atoms. The normalized spacial score (nSPS) is 14.8. The molecule has 1 atom stereocenters. The van der Waals surface area contributed by atoms with Gasteiger partial charge in [-0.2, -0.15) is 0 Å². The minimum absolute atomic E-state index is 0.143. The van der Waals surface area contributed by atoms with Crippen LogP contribution < -0.4 is 0 Å². The molecular formula is C19H25NO5. The first-order valence-corrected chi connectivity index (χ1v) is 8.65. The van der Waals surface area contributed by atoms with Crippen molar-refractivity contribution in [3.8, 4) is 0 Å². The SMILES string of the molecule is CC(C)CCOC(C)C(=O)OCCCN1C(=O)c2ccccc2C1=O. The number of rotatable bonds is 9. The minimum atomic E-state index is -0.613. The van der Waals surface area contributed by atoms with Crippen molar-refractivity contribution in [2.75, 3.05) is 19.8 Å². The highest BCUT2D eigenvalue weighted by molar-refractivity contribution is 6.21. The summed E-state index contributed by atoms with van der Waals surface area (Å²) in [7, 11) is 0. The number of imide groups is 1. The summed E-state index contributed by atoms with van der Waals surface area (Å²) >= 11 is 0. The maximum absolute atomic E-state index is 12.2. The lowest BCUT2D eigenvalue weighted by molar-refractivity contribution is -0.156. The Morgan fingerprint density at radius 3 is 2.20 bits per heavy atom. The number of carbonyl (C=O) groups excluding carboxylic acids is 3. The molecule has 0 bridgehead atoms. The second-order valence-electron chi connectivity index (χ2n) is 6.52. The molecule has 0 radical (unpaired) electrons. The van der Waals surface area contributed by atoms with Gasteiger partial charge in [-0.05, 0) is 37.8 Å². The summed E-state index contributed by atoms with van der Waals surface area (Å²) < 4.78 is 10.6. The van der Waals surface area contributed by atoms with Crippen molar-refractivity contribution in [3.63, 3.8) is 0 Å². The van der Waals surface area contributed by atoms with Gasteiger partial charge in [-0.3, -0.25) is 14.5 Å². The van der Waals surface area contributed by atoms with E-state index in [0.29, 0.717) is 30.1 Å². The fraction of sp³-hybridized carbons (Fsp3) is 0.526. The molecule has 1 aromatic rings. The van der Waals surface area contributed by atoms with E-state index in [4.69, 9.17) is 9.47 Å². The van der Waals surface area contributed by atoms with Gasteiger partial charge in [0.1, 0.15) is 0 Å². The molecule has 1 unspecified atom stereocenters. The number of hydrogen-bond acceptors (Lipinski definition) is 5. The van der Waals surface area contributed by atoms with Crippen LogP contribution in [0.15, 0.2) is 24.3 Å². The van der Waals surface area contributed by atoms with Gasteiger partial charge in [-0.15, -0.1) is 0 Å². The number of benzene rings is 1. The first-order chi connectivity index (χ1) is 11.9. The van der Waals surface area contributed by atoms with Crippen molar-refractivity contribution in [1.29, 1.82) is 0 Å². The molecule has 136 valence electrons. The summed E-state index contributed by atoms with van der Waals surface area (Å²) in [6, 6.07) is 6.75. The monoisotopic (exact) mass is 347 g/mol. The van der Waals surface area contributed by atoms with Crippen LogP contribution in [0.3, 0.4) is 0 Å². The molecule has 0 aromatic heterocycles. The molecule has 0 aliphatic carbocycles. The Morgan fingerprint density at radius 1 is 1.04 bits per heavy atom. The van der Waals surface area contributed by atoms with Gasteiger partial charge in [0.2, 0.25) is 0 Å². The summed E-state index contributed by atoms with van der Waals surface area (Å²) in [5.41, 5.74) is 0.855. The molecule has 1 aromatic carbocycles. The zero-order valence-corrected chi connectivity index (χ0v) is 15.0. The van der Waals surface area contributed by atoms with E-state index in [1.165, 1.54) is 4.90 Å². The van der Waals surface area contributed by atoms with Crippen LogP contribution in [0.4, 0.5) is 0 Å². The zero-order valence-electron chi connectivity index (χ0n) is 15.0. The molecule has 1 heterocycles. The average molecular weight is 347 g/mol. The van der Waals surface area contributed by atoms with E-state index in [0.717, 1.165) is 6.42 Å². The first-order valence-electron chi connectivity index (χ1n) is 8.65. The van der Waals surface area contributed by atoms with Crippen LogP contribution in [-0.2, 0) is 14.3 Å². The second kappa shape index (κ2) is 8.76. The molecule has 6 heteroatoms. The lowest BCUT2D eigenvalue weighted by Gasteiger charge is -2.15. The van der Waals surface area contributed by atoms with Crippen molar-refractivity contribution in [2.24, 2.45) is 5.92 Å². The highest BCUT2D eigenvalue weighted by Gasteiger charge is 2.34. The largest absolute Gasteiger partial charge is 0.464 e. The van der Waals surface area contributed by atoms with Crippen molar-refractivity contribution in [2.45, 2.75) is 39.7 Å². The maximum atomic E-state index is 12.2.